The van der Waals surface area contributed by atoms with Crippen LogP contribution in [0.1, 0.15) is 70.5 Å². The number of nitrogens with one attached hydrogen (secondary N) is 1. The Bertz CT molecular complexity index is 434. The molecule has 2 aliphatic rings. The lowest BCUT2D eigenvalue weighted by Crippen LogP contribution is -2.35. The third-order valence-electron chi connectivity index (χ3n) is 4.98. The molecule has 1 aromatic carbocycles. The van der Waals surface area contributed by atoms with E-state index in [1.165, 1.54) is 36.8 Å². The molecule has 2 saturated carbocycles. The highest BCUT2D eigenvalue weighted by Gasteiger charge is 2.41. The highest BCUT2D eigenvalue weighted by Crippen LogP contribution is 2.45. The maximum absolute atomic E-state index is 3.92. The molecule has 0 aromatic heterocycles. The zero-order chi connectivity index (χ0) is 14.3. The van der Waals surface area contributed by atoms with E-state index in [0.29, 0.717) is 6.04 Å². The van der Waals surface area contributed by atoms with E-state index in [0.717, 1.165) is 17.9 Å². The zero-order valence-electron chi connectivity index (χ0n) is 13.4. The summed E-state index contributed by atoms with van der Waals surface area (Å²) in [5, 5.41) is 3.92. The lowest BCUT2D eigenvalue weighted by molar-refractivity contribution is 0.377. The molecule has 20 heavy (non-hydrogen) atoms. The Morgan fingerprint density at radius 3 is 1.85 bits per heavy atom. The van der Waals surface area contributed by atoms with Gasteiger partial charge < -0.3 is 5.32 Å². The van der Waals surface area contributed by atoms with Gasteiger partial charge in [0.15, 0.2) is 0 Å². The predicted molar refractivity (Wildman–Crippen MR) is 85.9 cm³/mol. The molecule has 1 aromatic rings. The molecule has 0 aliphatic heterocycles. The van der Waals surface area contributed by atoms with Crippen LogP contribution in [-0.4, -0.2) is 6.04 Å². The molecule has 2 aliphatic carbocycles. The second-order valence-corrected chi connectivity index (χ2v) is 7.96. The van der Waals surface area contributed by atoms with Gasteiger partial charge in [-0.15, -0.1) is 0 Å². The monoisotopic (exact) mass is 271 g/mol. The lowest BCUT2D eigenvalue weighted by atomic mass is 9.86. The van der Waals surface area contributed by atoms with E-state index in [-0.39, 0.29) is 5.41 Å². The van der Waals surface area contributed by atoms with Crippen molar-refractivity contribution in [3.63, 3.8) is 0 Å². The minimum Gasteiger partial charge on any atom is -0.307 e. The summed E-state index contributed by atoms with van der Waals surface area (Å²) in [4.78, 5) is 0. The molecule has 0 heterocycles. The minimum absolute atomic E-state index is 0.250. The van der Waals surface area contributed by atoms with Gasteiger partial charge in [-0.1, -0.05) is 45.0 Å². The van der Waals surface area contributed by atoms with Crippen molar-refractivity contribution in [1.29, 1.82) is 0 Å². The summed E-state index contributed by atoms with van der Waals surface area (Å²) in [5.74, 6) is 1.94. The molecule has 110 valence electrons. The van der Waals surface area contributed by atoms with Gasteiger partial charge in [0.25, 0.3) is 0 Å². The Morgan fingerprint density at radius 2 is 1.45 bits per heavy atom. The summed E-state index contributed by atoms with van der Waals surface area (Å²) in [5.41, 5.74) is 3.11. The lowest BCUT2D eigenvalue weighted by Gasteiger charge is -2.25. The Balaban J connectivity index is 1.65. The molecule has 3 rings (SSSR count). The summed E-state index contributed by atoms with van der Waals surface area (Å²) in [6.07, 6.45) is 5.79. The maximum atomic E-state index is 3.92. The number of hydrogen-bond donors (Lipinski definition) is 1. The number of hydrogen-bond acceptors (Lipinski definition) is 1. The van der Waals surface area contributed by atoms with Gasteiger partial charge in [-0.3, -0.25) is 0 Å². The van der Waals surface area contributed by atoms with Gasteiger partial charge in [-0.2, -0.15) is 0 Å². The van der Waals surface area contributed by atoms with E-state index < -0.39 is 0 Å². The van der Waals surface area contributed by atoms with E-state index in [1.54, 1.807) is 0 Å². The van der Waals surface area contributed by atoms with Crippen molar-refractivity contribution in [3.8, 4) is 0 Å². The third-order valence-corrected chi connectivity index (χ3v) is 4.98. The number of benzene rings is 1. The van der Waals surface area contributed by atoms with Crippen molar-refractivity contribution in [2.45, 2.75) is 70.9 Å². The Hall–Kier alpha value is -0.820. The van der Waals surface area contributed by atoms with Crippen molar-refractivity contribution in [2.75, 3.05) is 0 Å². The SMILES string of the molecule is CC(NC(C1CC1)C1CC1)c1ccc(C(C)(C)C)cc1. The van der Waals surface area contributed by atoms with Crippen molar-refractivity contribution < 1.29 is 0 Å². The van der Waals surface area contributed by atoms with Crippen molar-refractivity contribution >= 4 is 0 Å². The van der Waals surface area contributed by atoms with Gasteiger partial charge in [0, 0.05) is 12.1 Å². The number of rotatable bonds is 5. The van der Waals surface area contributed by atoms with E-state index in [1.807, 2.05) is 0 Å². The second-order valence-electron chi connectivity index (χ2n) is 7.96. The first-order chi connectivity index (χ1) is 9.45. The summed E-state index contributed by atoms with van der Waals surface area (Å²) in [6, 6.07) is 10.5. The van der Waals surface area contributed by atoms with Crippen molar-refractivity contribution in [2.24, 2.45) is 11.8 Å². The molecule has 0 spiro atoms. The fourth-order valence-electron chi connectivity index (χ4n) is 3.22. The molecule has 1 N–H and O–H groups in total. The molecular formula is C19H29N. The molecule has 1 nitrogen and oxygen atoms in total. The molecule has 1 atom stereocenters. The van der Waals surface area contributed by atoms with Crippen LogP contribution < -0.4 is 5.32 Å². The average molecular weight is 271 g/mol. The van der Waals surface area contributed by atoms with Crippen LogP contribution in [0.25, 0.3) is 0 Å². The van der Waals surface area contributed by atoms with Crippen LogP contribution in [0.4, 0.5) is 0 Å². The second kappa shape index (κ2) is 5.18. The first kappa shape index (κ1) is 14.1. The quantitative estimate of drug-likeness (QED) is 0.809. The molecule has 1 heteroatoms. The summed E-state index contributed by atoms with van der Waals surface area (Å²) in [7, 11) is 0. The van der Waals surface area contributed by atoms with Gasteiger partial charge in [0.1, 0.15) is 0 Å². The molecule has 0 saturated heterocycles. The predicted octanol–water partition coefficient (Wildman–Crippen LogP) is 4.82. The van der Waals surface area contributed by atoms with Gasteiger partial charge in [0.2, 0.25) is 0 Å². The molecule has 0 amide bonds. The molecule has 0 radical (unpaired) electrons. The van der Waals surface area contributed by atoms with Crippen LogP contribution in [0, 0.1) is 11.8 Å². The van der Waals surface area contributed by atoms with Crippen LogP contribution in [0.5, 0.6) is 0 Å². The highest BCUT2D eigenvalue weighted by molar-refractivity contribution is 5.29. The third kappa shape index (κ3) is 3.25. The van der Waals surface area contributed by atoms with Gasteiger partial charge >= 0.3 is 0 Å². The molecule has 1 unspecified atom stereocenters. The first-order valence-electron chi connectivity index (χ1n) is 8.31. The largest absolute Gasteiger partial charge is 0.307 e. The standard InChI is InChI=1S/C19H29N/c1-13(20-18(15-5-6-15)16-7-8-16)14-9-11-17(12-10-14)19(2,3)4/h9-13,15-16,18,20H,5-8H2,1-4H3. The fraction of sp³-hybridized carbons (Fsp3) is 0.684. The van der Waals surface area contributed by atoms with Gasteiger partial charge in [-0.05, 0) is 61.0 Å². The molecular weight excluding hydrogens is 242 g/mol. The normalized spacial score (nSPS) is 21.2. The average Bonchev–Trinajstić information content (AvgIpc) is 3.28. The highest BCUT2D eigenvalue weighted by atomic mass is 15.0. The van der Waals surface area contributed by atoms with Gasteiger partial charge in [0.05, 0.1) is 0 Å². The smallest absolute Gasteiger partial charge is 0.0294 e. The van der Waals surface area contributed by atoms with Crippen LogP contribution in [0.15, 0.2) is 24.3 Å². The van der Waals surface area contributed by atoms with E-state index in [4.69, 9.17) is 0 Å². The maximum Gasteiger partial charge on any atom is 0.0294 e. The van der Waals surface area contributed by atoms with E-state index in [2.05, 4.69) is 57.3 Å². The Labute approximate surface area is 124 Å². The van der Waals surface area contributed by atoms with Crippen LogP contribution >= 0.6 is 0 Å². The summed E-state index contributed by atoms with van der Waals surface area (Å²) >= 11 is 0. The molecule has 2 fully saturated rings. The van der Waals surface area contributed by atoms with Gasteiger partial charge in [-0.25, -0.2) is 0 Å². The van der Waals surface area contributed by atoms with Crippen molar-refractivity contribution in [1.82, 2.24) is 5.32 Å². The summed E-state index contributed by atoms with van der Waals surface area (Å²) < 4.78 is 0. The zero-order valence-corrected chi connectivity index (χ0v) is 13.4. The Morgan fingerprint density at radius 1 is 0.950 bits per heavy atom. The minimum atomic E-state index is 0.250. The Kier molecular flexibility index (Phi) is 3.66. The van der Waals surface area contributed by atoms with Crippen LogP contribution in [-0.2, 0) is 5.41 Å². The van der Waals surface area contributed by atoms with Crippen LogP contribution in [0.3, 0.4) is 0 Å². The first-order valence-corrected chi connectivity index (χ1v) is 8.31. The van der Waals surface area contributed by atoms with E-state index >= 15 is 0 Å². The summed E-state index contributed by atoms with van der Waals surface area (Å²) in [6.45, 7) is 9.16. The fourth-order valence-corrected chi connectivity index (χ4v) is 3.22. The van der Waals surface area contributed by atoms with E-state index in [9.17, 15) is 0 Å². The van der Waals surface area contributed by atoms with Crippen LogP contribution in [0.2, 0.25) is 0 Å². The van der Waals surface area contributed by atoms with Crippen molar-refractivity contribution in [3.05, 3.63) is 35.4 Å². The molecule has 0 bridgehead atoms. The topological polar surface area (TPSA) is 12.0 Å².